The summed E-state index contributed by atoms with van der Waals surface area (Å²) in [7, 11) is 0. The lowest BCUT2D eigenvalue weighted by Crippen LogP contribution is -2.52. The molecule has 1 heterocycles. The zero-order valence-electron chi connectivity index (χ0n) is 21.1. The summed E-state index contributed by atoms with van der Waals surface area (Å²) in [5.41, 5.74) is 0.845. The van der Waals surface area contributed by atoms with Crippen molar-refractivity contribution in [1.29, 1.82) is 0 Å². The normalized spacial score (nSPS) is 12.9. The standard InChI is InChI=1S/C24H36N6O4S/c1-6-35-23-27-29-30(28-23)14-21(31)19(12-16(2)3)25-22(32)20(13-17(4)5)26-24(33)34-15-18-10-8-7-9-11-18/h7-11,16-17,19-20H,6,12-15H2,1-5H3,(H,25,32)(H,26,33)/t19-,20-/m0/s1. The number of nitrogens with one attached hydrogen (secondary N) is 2. The number of amides is 2. The number of thioether (sulfide) groups is 1. The number of alkyl carbamates (subject to hydrolysis) is 1. The molecule has 35 heavy (non-hydrogen) atoms. The van der Waals surface area contributed by atoms with Gasteiger partial charge in [-0.2, -0.15) is 4.80 Å². The van der Waals surface area contributed by atoms with Crippen molar-refractivity contribution < 1.29 is 19.1 Å². The van der Waals surface area contributed by atoms with Crippen molar-refractivity contribution in [3.63, 3.8) is 0 Å². The molecule has 0 aliphatic rings. The second kappa shape index (κ2) is 14.4. The average molecular weight is 505 g/mol. The molecule has 0 saturated heterocycles. The second-order valence-corrected chi connectivity index (χ2v) is 10.3. The molecule has 2 N–H and O–H groups in total. The molecule has 0 fully saturated rings. The van der Waals surface area contributed by atoms with Crippen LogP contribution in [0.3, 0.4) is 0 Å². The summed E-state index contributed by atoms with van der Waals surface area (Å²) in [5, 5.41) is 18.0. The number of benzene rings is 1. The zero-order chi connectivity index (χ0) is 25.8. The first-order chi connectivity index (χ1) is 16.7. The highest BCUT2D eigenvalue weighted by Crippen LogP contribution is 2.12. The number of ketones is 1. The van der Waals surface area contributed by atoms with Crippen molar-refractivity contribution in [1.82, 2.24) is 30.8 Å². The minimum absolute atomic E-state index is 0.0976. The topological polar surface area (TPSA) is 128 Å². The molecule has 0 aliphatic heterocycles. The Labute approximate surface area is 210 Å². The van der Waals surface area contributed by atoms with Crippen LogP contribution in [0.15, 0.2) is 35.5 Å². The Morgan fingerprint density at radius 2 is 1.66 bits per heavy atom. The Balaban J connectivity index is 2.02. The Morgan fingerprint density at radius 1 is 1.00 bits per heavy atom. The van der Waals surface area contributed by atoms with Crippen molar-refractivity contribution >= 4 is 29.5 Å². The van der Waals surface area contributed by atoms with Gasteiger partial charge in [-0.25, -0.2) is 4.79 Å². The first-order valence-electron chi connectivity index (χ1n) is 11.9. The number of hydrogen-bond acceptors (Lipinski definition) is 8. The van der Waals surface area contributed by atoms with Gasteiger partial charge >= 0.3 is 6.09 Å². The third-order valence-electron chi connectivity index (χ3n) is 4.95. The summed E-state index contributed by atoms with van der Waals surface area (Å²) in [6.45, 7) is 9.83. The number of tetrazole rings is 1. The first kappa shape index (κ1) is 28.3. The minimum atomic E-state index is -0.835. The number of aromatic nitrogens is 4. The van der Waals surface area contributed by atoms with E-state index >= 15 is 0 Å². The monoisotopic (exact) mass is 504 g/mol. The summed E-state index contributed by atoms with van der Waals surface area (Å²) in [4.78, 5) is 39.8. The molecule has 1 aromatic carbocycles. The maximum absolute atomic E-state index is 13.1. The predicted molar refractivity (Wildman–Crippen MR) is 134 cm³/mol. The van der Waals surface area contributed by atoms with E-state index in [9.17, 15) is 14.4 Å². The summed E-state index contributed by atoms with van der Waals surface area (Å²) in [6.07, 6.45) is 0.161. The molecule has 0 radical (unpaired) electrons. The van der Waals surface area contributed by atoms with E-state index in [-0.39, 0.29) is 30.8 Å². The van der Waals surface area contributed by atoms with Crippen molar-refractivity contribution in [2.75, 3.05) is 5.75 Å². The number of rotatable bonds is 14. The van der Waals surface area contributed by atoms with Crippen LogP contribution < -0.4 is 10.6 Å². The van der Waals surface area contributed by atoms with Crippen LogP contribution in [0.4, 0.5) is 4.79 Å². The number of carbonyl (C=O) groups is 3. The molecule has 192 valence electrons. The van der Waals surface area contributed by atoms with Crippen LogP contribution >= 0.6 is 11.8 Å². The molecule has 0 aliphatic carbocycles. The molecular formula is C24H36N6O4S. The highest BCUT2D eigenvalue weighted by atomic mass is 32.2. The third-order valence-corrected chi connectivity index (χ3v) is 5.66. The van der Waals surface area contributed by atoms with Crippen LogP contribution in [0.5, 0.6) is 0 Å². The Kier molecular flexibility index (Phi) is 11.7. The van der Waals surface area contributed by atoms with E-state index in [0.717, 1.165) is 11.3 Å². The number of ether oxygens (including phenoxy) is 1. The van der Waals surface area contributed by atoms with Gasteiger partial charge in [-0.15, -0.1) is 10.2 Å². The Hall–Kier alpha value is -2.95. The van der Waals surface area contributed by atoms with Gasteiger partial charge in [-0.05, 0) is 41.2 Å². The van der Waals surface area contributed by atoms with Crippen LogP contribution in [-0.4, -0.2) is 55.8 Å². The van der Waals surface area contributed by atoms with E-state index in [1.54, 1.807) is 0 Å². The van der Waals surface area contributed by atoms with Gasteiger partial charge in [-0.1, -0.05) is 76.7 Å². The molecule has 10 nitrogen and oxygen atoms in total. The maximum Gasteiger partial charge on any atom is 0.408 e. The van der Waals surface area contributed by atoms with Crippen LogP contribution in [0.25, 0.3) is 0 Å². The van der Waals surface area contributed by atoms with E-state index in [4.69, 9.17) is 4.74 Å². The van der Waals surface area contributed by atoms with Crippen molar-refractivity contribution in [2.45, 2.75) is 77.9 Å². The van der Waals surface area contributed by atoms with Gasteiger partial charge in [-0.3, -0.25) is 9.59 Å². The minimum Gasteiger partial charge on any atom is -0.445 e. The van der Waals surface area contributed by atoms with E-state index in [2.05, 4.69) is 26.0 Å². The molecule has 0 bridgehead atoms. The molecule has 2 atom stereocenters. The molecule has 1 aromatic heterocycles. The van der Waals surface area contributed by atoms with Gasteiger partial charge < -0.3 is 15.4 Å². The molecule has 2 amide bonds. The number of hydrogen-bond donors (Lipinski definition) is 2. The SMILES string of the molecule is CCSc1nnn(CC(=O)[C@H](CC(C)C)NC(=O)[C@H](CC(C)C)NC(=O)OCc2ccccc2)n1. The van der Waals surface area contributed by atoms with E-state index < -0.39 is 24.1 Å². The summed E-state index contributed by atoms with van der Waals surface area (Å²) in [5.74, 6) is 0.430. The Morgan fingerprint density at radius 3 is 2.29 bits per heavy atom. The first-order valence-corrected chi connectivity index (χ1v) is 12.9. The Bertz CT molecular complexity index is 951. The van der Waals surface area contributed by atoms with Gasteiger partial charge in [0.25, 0.3) is 0 Å². The fraction of sp³-hybridized carbons (Fsp3) is 0.583. The quantitative estimate of drug-likeness (QED) is 0.375. The molecule has 0 saturated carbocycles. The van der Waals surface area contributed by atoms with Crippen molar-refractivity contribution in [3.8, 4) is 0 Å². The van der Waals surface area contributed by atoms with E-state index in [1.807, 2.05) is 65.0 Å². The molecular weight excluding hydrogens is 468 g/mol. The van der Waals surface area contributed by atoms with Gasteiger partial charge in [0.2, 0.25) is 11.1 Å². The number of carbonyl (C=O) groups excluding carboxylic acids is 3. The van der Waals surface area contributed by atoms with Crippen molar-refractivity contribution in [3.05, 3.63) is 35.9 Å². The molecule has 2 aromatic rings. The van der Waals surface area contributed by atoms with Gasteiger partial charge in [0.05, 0.1) is 6.04 Å². The fourth-order valence-electron chi connectivity index (χ4n) is 3.36. The highest BCUT2D eigenvalue weighted by Gasteiger charge is 2.28. The highest BCUT2D eigenvalue weighted by molar-refractivity contribution is 7.99. The molecule has 2 rings (SSSR count). The van der Waals surface area contributed by atoms with Gasteiger partial charge in [0.1, 0.15) is 19.2 Å². The van der Waals surface area contributed by atoms with Crippen LogP contribution in [0.1, 0.15) is 53.0 Å². The van der Waals surface area contributed by atoms with Crippen molar-refractivity contribution in [2.24, 2.45) is 11.8 Å². The van der Waals surface area contributed by atoms with Gasteiger partial charge in [0.15, 0.2) is 5.78 Å². The third kappa shape index (κ3) is 10.5. The lowest BCUT2D eigenvalue weighted by molar-refractivity contribution is -0.130. The van der Waals surface area contributed by atoms with Crippen LogP contribution in [-0.2, 0) is 27.5 Å². The zero-order valence-corrected chi connectivity index (χ0v) is 21.9. The molecule has 0 unspecified atom stereocenters. The summed E-state index contributed by atoms with van der Waals surface area (Å²) in [6, 6.07) is 7.71. The lowest BCUT2D eigenvalue weighted by Gasteiger charge is -2.24. The molecule has 11 heteroatoms. The van der Waals surface area contributed by atoms with Crippen LogP contribution in [0, 0.1) is 11.8 Å². The average Bonchev–Trinajstić information content (AvgIpc) is 3.24. The summed E-state index contributed by atoms with van der Waals surface area (Å²) >= 11 is 1.43. The number of Topliss-reactive ketones (excluding diaryl/α,β-unsaturated/α-hetero) is 1. The lowest BCUT2D eigenvalue weighted by atomic mass is 9.98. The fourth-order valence-corrected chi connectivity index (χ4v) is 3.86. The predicted octanol–water partition coefficient (Wildman–Crippen LogP) is 3.23. The smallest absolute Gasteiger partial charge is 0.408 e. The summed E-state index contributed by atoms with van der Waals surface area (Å²) < 4.78 is 5.28. The number of nitrogens with zero attached hydrogens (tertiary/aromatic N) is 4. The molecule has 0 spiro atoms. The largest absolute Gasteiger partial charge is 0.445 e. The van der Waals surface area contributed by atoms with E-state index in [0.29, 0.717) is 18.0 Å². The van der Waals surface area contributed by atoms with E-state index in [1.165, 1.54) is 16.6 Å². The maximum atomic E-state index is 13.1. The van der Waals surface area contributed by atoms with Crippen LogP contribution in [0.2, 0.25) is 0 Å². The second-order valence-electron chi connectivity index (χ2n) is 9.08. The van der Waals surface area contributed by atoms with Gasteiger partial charge in [0, 0.05) is 0 Å².